The number of ether oxygens (including phenoxy) is 3. The van der Waals surface area contributed by atoms with Crippen LogP contribution in [-0.2, 0) is 14.3 Å². The molecule has 1 aromatic rings. The second-order valence-electron chi connectivity index (χ2n) is 4.38. The predicted octanol–water partition coefficient (Wildman–Crippen LogP) is 0.215. The van der Waals surface area contributed by atoms with Crippen molar-refractivity contribution >= 4 is 17.9 Å². The van der Waals surface area contributed by atoms with Gasteiger partial charge in [0.25, 0.3) is 5.91 Å². The Labute approximate surface area is 126 Å². The monoisotopic (exact) mass is 308 g/mol. The summed E-state index contributed by atoms with van der Waals surface area (Å²) in [5.74, 6) is -0.486. The summed E-state index contributed by atoms with van der Waals surface area (Å²) in [6, 6.07) is 6.27. The van der Waals surface area contributed by atoms with Crippen molar-refractivity contribution in [3.05, 3.63) is 24.3 Å². The van der Waals surface area contributed by atoms with Crippen molar-refractivity contribution in [2.24, 2.45) is 0 Å². The van der Waals surface area contributed by atoms with E-state index in [2.05, 4.69) is 5.32 Å². The van der Waals surface area contributed by atoms with Gasteiger partial charge in [0, 0.05) is 6.54 Å². The van der Waals surface area contributed by atoms with Crippen LogP contribution in [0.1, 0.15) is 6.92 Å². The molecule has 0 aromatic heterocycles. The van der Waals surface area contributed by atoms with Gasteiger partial charge in [-0.2, -0.15) is 0 Å². The molecule has 1 heterocycles. The zero-order valence-electron chi connectivity index (χ0n) is 12.0. The van der Waals surface area contributed by atoms with Gasteiger partial charge in [-0.15, -0.1) is 0 Å². The number of para-hydroxylation sites is 2. The molecule has 8 heteroatoms. The molecule has 22 heavy (non-hydrogen) atoms. The third-order valence-corrected chi connectivity index (χ3v) is 2.71. The van der Waals surface area contributed by atoms with Crippen LogP contribution < -0.4 is 20.1 Å². The van der Waals surface area contributed by atoms with E-state index in [1.165, 1.54) is 0 Å². The maximum absolute atomic E-state index is 11.8. The average molecular weight is 308 g/mol. The molecule has 1 aromatic carbocycles. The van der Waals surface area contributed by atoms with E-state index in [9.17, 15) is 14.4 Å². The third kappa shape index (κ3) is 4.11. The van der Waals surface area contributed by atoms with Crippen LogP contribution in [0, 0.1) is 0 Å². The van der Waals surface area contributed by atoms with Gasteiger partial charge in [-0.05, 0) is 19.1 Å². The van der Waals surface area contributed by atoms with Gasteiger partial charge in [0.1, 0.15) is 6.61 Å². The van der Waals surface area contributed by atoms with Gasteiger partial charge in [0.05, 0.1) is 0 Å². The van der Waals surface area contributed by atoms with Crippen molar-refractivity contribution in [1.82, 2.24) is 10.6 Å². The second kappa shape index (κ2) is 7.30. The molecule has 8 nitrogen and oxygen atoms in total. The highest BCUT2D eigenvalue weighted by molar-refractivity contribution is 5.95. The fourth-order valence-electron chi connectivity index (χ4n) is 1.73. The molecule has 1 aliphatic heterocycles. The van der Waals surface area contributed by atoms with E-state index in [1.807, 2.05) is 5.32 Å². The average Bonchev–Trinajstić information content (AvgIpc) is 2.52. The van der Waals surface area contributed by atoms with Crippen LogP contribution in [-0.4, -0.2) is 43.8 Å². The quantitative estimate of drug-likeness (QED) is 0.771. The molecule has 0 saturated heterocycles. The van der Waals surface area contributed by atoms with Crippen molar-refractivity contribution in [3.8, 4) is 11.5 Å². The van der Waals surface area contributed by atoms with Gasteiger partial charge < -0.3 is 19.5 Å². The number of rotatable bonds is 4. The highest BCUT2D eigenvalue weighted by atomic mass is 16.6. The smallest absolute Gasteiger partial charge is 0.351 e. The third-order valence-electron chi connectivity index (χ3n) is 2.71. The first-order valence-electron chi connectivity index (χ1n) is 6.73. The number of imide groups is 1. The minimum atomic E-state index is -0.952. The number of fused-ring (bicyclic) bond motifs is 1. The van der Waals surface area contributed by atoms with Crippen molar-refractivity contribution in [3.63, 3.8) is 0 Å². The molecule has 118 valence electrons. The van der Waals surface area contributed by atoms with Crippen molar-refractivity contribution in [2.45, 2.75) is 13.0 Å². The molecular weight excluding hydrogens is 292 g/mol. The first-order valence-corrected chi connectivity index (χ1v) is 6.73. The lowest BCUT2D eigenvalue weighted by Crippen LogP contribution is -2.43. The lowest BCUT2D eigenvalue weighted by atomic mass is 10.2. The Bertz CT molecular complexity index is 574. The molecule has 0 fully saturated rings. The van der Waals surface area contributed by atoms with Gasteiger partial charge in [-0.25, -0.2) is 9.59 Å². The molecule has 3 amide bonds. The summed E-state index contributed by atoms with van der Waals surface area (Å²) in [5.41, 5.74) is 0. The number of urea groups is 1. The van der Waals surface area contributed by atoms with Gasteiger partial charge in [0.2, 0.25) is 6.10 Å². The summed E-state index contributed by atoms with van der Waals surface area (Å²) in [7, 11) is 0. The van der Waals surface area contributed by atoms with E-state index in [0.29, 0.717) is 18.0 Å². The molecule has 0 unspecified atom stereocenters. The number of esters is 1. The molecule has 1 atom stereocenters. The Morgan fingerprint density at radius 3 is 2.73 bits per heavy atom. The van der Waals surface area contributed by atoms with Crippen LogP contribution in [0.5, 0.6) is 11.5 Å². The number of carbonyl (C=O) groups is 3. The van der Waals surface area contributed by atoms with Crippen molar-refractivity contribution in [1.29, 1.82) is 0 Å². The standard InChI is InChI=1S/C14H16N2O6/c1-2-15-14(19)16-12(17)8-21-13(18)11-7-20-9-5-3-4-6-10(9)22-11/h3-6,11H,2,7-8H2,1H3,(H2,15,16,17,19)/t11-/m1/s1. The van der Waals surface area contributed by atoms with Gasteiger partial charge in [-0.1, -0.05) is 12.1 Å². The summed E-state index contributed by atoms with van der Waals surface area (Å²) >= 11 is 0. The number of benzene rings is 1. The second-order valence-corrected chi connectivity index (χ2v) is 4.38. The Kier molecular flexibility index (Phi) is 5.18. The zero-order valence-corrected chi connectivity index (χ0v) is 12.0. The minimum Gasteiger partial charge on any atom is -0.485 e. The Morgan fingerprint density at radius 2 is 2.00 bits per heavy atom. The SMILES string of the molecule is CCNC(=O)NC(=O)COC(=O)[C@H]1COc2ccccc2O1. The van der Waals surface area contributed by atoms with E-state index in [0.717, 1.165) is 0 Å². The van der Waals surface area contributed by atoms with Gasteiger partial charge in [-0.3, -0.25) is 10.1 Å². The minimum absolute atomic E-state index is 0.00616. The number of carbonyl (C=O) groups excluding carboxylic acids is 3. The molecule has 1 aliphatic rings. The molecule has 0 radical (unpaired) electrons. The van der Waals surface area contributed by atoms with Crippen LogP contribution in [0.15, 0.2) is 24.3 Å². The molecule has 2 N–H and O–H groups in total. The Balaban J connectivity index is 1.79. The van der Waals surface area contributed by atoms with Crippen molar-refractivity contribution in [2.75, 3.05) is 19.8 Å². The van der Waals surface area contributed by atoms with Crippen LogP contribution >= 0.6 is 0 Å². The number of amides is 3. The lowest BCUT2D eigenvalue weighted by molar-refractivity contribution is -0.157. The highest BCUT2D eigenvalue weighted by Crippen LogP contribution is 2.30. The molecule has 2 rings (SSSR count). The van der Waals surface area contributed by atoms with Gasteiger partial charge in [0.15, 0.2) is 18.1 Å². The van der Waals surface area contributed by atoms with Crippen LogP contribution in [0.25, 0.3) is 0 Å². The fraction of sp³-hybridized carbons (Fsp3) is 0.357. The van der Waals surface area contributed by atoms with E-state index in [4.69, 9.17) is 14.2 Å². The largest absolute Gasteiger partial charge is 0.485 e. The number of hydrogen-bond donors (Lipinski definition) is 2. The van der Waals surface area contributed by atoms with Crippen LogP contribution in [0.2, 0.25) is 0 Å². The van der Waals surface area contributed by atoms with Crippen molar-refractivity contribution < 1.29 is 28.6 Å². The topological polar surface area (TPSA) is 103 Å². The lowest BCUT2D eigenvalue weighted by Gasteiger charge is -2.24. The summed E-state index contributed by atoms with van der Waals surface area (Å²) in [6.07, 6.45) is -0.952. The number of hydrogen-bond acceptors (Lipinski definition) is 6. The zero-order chi connectivity index (χ0) is 15.9. The van der Waals surface area contributed by atoms with Crippen LogP contribution in [0.4, 0.5) is 4.79 Å². The molecule has 0 aliphatic carbocycles. The molecular formula is C14H16N2O6. The Morgan fingerprint density at radius 1 is 1.27 bits per heavy atom. The van der Waals surface area contributed by atoms with E-state index in [1.54, 1.807) is 31.2 Å². The first-order chi connectivity index (χ1) is 10.6. The van der Waals surface area contributed by atoms with E-state index < -0.39 is 30.6 Å². The molecule has 0 bridgehead atoms. The fourth-order valence-corrected chi connectivity index (χ4v) is 1.73. The summed E-state index contributed by atoms with van der Waals surface area (Å²) in [4.78, 5) is 34.3. The normalized spacial score (nSPS) is 15.6. The summed E-state index contributed by atoms with van der Waals surface area (Å²) in [6.45, 7) is 1.51. The summed E-state index contributed by atoms with van der Waals surface area (Å²) < 4.78 is 15.6. The van der Waals surface area contributed by atoms with E-state index >= 15 is 0 Å². The van der Waals surface area contributed by atoms with Crippen LogP contribution in [0.3, 0.4) is 0 Å². The maximum Gasteiger partial charge on any atom is 0.351 e. The predicted molar refractivity (Wildman–Crippen MR) is 74.5 cm³/mol. The highest BCUT2D eigenvalue weighted by Gasteiger charge is 2.29. The Hall–Kier alpha value is -2.77. The first kappa shape index (κ1) is 15.6. The number of nitrogens with one attached hydrogen (secondary N) is 2. The maximum atomic E-state index is 11.8. The summed E-state index contributed by atoms with van der Waals surface area (Å²) in [5, 5.41) is 4.40. The molecule has 0 saturated carbocycles. The van der Waals surface area contributed by atoms with E-state index in [-0.39, 0.29) is 6.61 Å². The van der Waals surface area contributed by atoms with Gasteiger partial charge >= 0.3 is 12.0 Å². The molecule has 0 spiro atoms.